The zero-order valence-corrected chi connectivity index (χ0v) is 12.7. The van der Waals surface area contributed by atoms with E-state index in [-0.39, 0.29) is 11.8 Å². The lowest BCUT2D eigenvalue weighted by molar-refractivity contribution is -0.121. The summed E-state index contributed by atoms with van der Waals surface area (Å²) in [5, 5.41) is 9.08. The van der Waals surface area contributed by atoms with Gasteiger partial charge in [-0.2, -0.15) is 5.26 Å². The highest BCUT2D eigenvalue weighted by atomic mass is 79.9. The largest absolute Gasteiger partial charge is 0.314 e. The van der Waals surface area contributed by atoms with Crippen molar-refractivity contribution in [2.45, 2.75) is 20.8 Å². The molecule has 0 aromatic heterocycles. The molecule has 96 valence electrons. The zero-order valence-electron chi connectivity index (χ0n) is 11.1. The summed E-state index contributed by atoms with van der Waals surface area (Å²) in [6.07, 6.45) is 0. The Bertz CT molecular complexity index is 491. The lowest BCUT2D eigenvalue weighted by Crippen LogP contribution is -2.35. The fraction of sp³-hybridized carbons (Fsp3) is 0.429. The highest BCUT2D eigenvalue weighted by Gasteiger charge is 2.26. The Morgan fingerprint density at radius 1 is 1.44 bits per heavy atom. The maximum Gasteiger partial charge on any atom is 0.244 e. The molecule has 0 aliphatic rings. The summed E-state index contributed by atoms with van der Waals surface area (Å²) in [6.45, 7) is 5.71. The number of nitriles is 1. The predicted octanol–water partition coefficient (Wildman–Crippen LogP) is 3.52. The first kappa shape index (κ1) is 14.7. The van der Waals surface area contributed by atoms with Crippen LogP contribution in [0.5, 0.6) is 0 Å². The van der Waals surface area contributed by atoms with Gasteiger partial charge in [-0.25, -0.2) is 0 Å². The molecule has 0 heterocycles. The van der Waals surface area contributed by atoms with Crippen LogP contribution in [0.2, 0.25) is 0 Å². The molecule has 1 atom stereocenters. The van der Waals surface area contributed by atoms with Gasteiger partial charge in [0.2, 0.25) is 5.91 Å². The highest BCUT2D eigenvalue weighted by molar-refractivity contribution is 9.10. The van der Waals surface area contributed by atoms with Gasteiger partial charge in [0, 0.05) is 17.2 Å². The van der Waals surface area contributed by atoms with Gasteiger partial charge in [0.05, 0.1) is 6.07 Å². The number of hydrogen-bond acceptors (Lipinski definition) is 2. The first-order valence-corrected chi connectivity index (χ1v) is 6.61. The van der Waals surface area contributed by atoms with Gasteiger partial charge in [-0.05, 0) is 30.5 Å². The molecule has 0 saturated heterocycles. The van der Waals surface area contributed by atoms with Crippen LogP contribution in [0.15, 0.2) is 22.7 Å². The lowest BCUT2D eigenvalue weighted by atomic mass is 9.95. The van der Waals surface area contributed by atoms with Crippen LogP contribution >= 0.6 is 15.9 Å². The number of nitrogens with zero attached hydrogens (tertiary/aromatic N) is 2. The smallest absolute Gasteiger partial charge is 0.244 e. The van der Waals surface area contributed by atoms with Gasteiger partial charge in [-0.1, -0.05) is 35.8 Å². The molecule has 0 bridgehead atoms. The molecule has 1 aromatic carbocycles. The molecule has 0 spiro atoms. The monoisotopic (exact) mass is 308 g/mol. The summed E-state index contributed by atoms with van der Waals surface area (Å²) in [4.78, 5) is 13.8. The molecule has 1 unspecified atom stereocenters. The van der Waals surface area contributed by atoms with Crippen molar-refractivity contribution in [1.29, 1.82) is 5.26 Å². The number of hydrogen-bond donors (Lipinski definition) is 0. The lowest BCUT2D eigenvalue weighted by Gasteiger charge is -2.23. The molecule has 4 heteroatoms. The molecule has 1 aromatic rings. The second kappa shape index (κ2) is 6.01. The van der Waals surface area contributed by atoms with Crippen molar-refractivity contribution in [2.75, 3.05) is 11.9 Å². The summed E-state index contributed by atoms with van der Waals surface area (Å²) in [5.74, 6) is -0.750. The van der Waals surface area contributed by atoms with Crippen LogP contribution in [-0.2, 0) is 4.79 Å². The van der Waals surface area contributed by atoms with Gasteiger partial charge in [0.15, 0.2) is 0 Å². The number of anilines is 1. The number of rotatable bonds is 3. The van der Waals surface area contributed by atoms with Crippen molar-refractivity contribution in [3.8, 4) is 6.07 Å². The molecular formula is C14H17BrN2O. The number of carbonyl (C=O) groups is 1. The third kappa shape index (κ3) is 3.11. The van der Waals surface area contributed by atoms with Crippen LogP contribution in [0.4, 0.5) is 5.69 Å². The molecule has 0 radical (unpaired) electrons. The zero-order chi connectivity index (χ0) is 13.9. The standard InChI is InChI=1S/C14H17BrN2O/c1-9(2)12(8-16)14(18)17(4)13-7-11(15)6-5-10(13)3/h5-7,9,12H,1-4H3. The molecular weight excluding hydrogens is 292 g/mol. The first-order chi connectivity index (χ1) is 8.38. The number of aryl methyl sites for hydroxylation is 1. The van der Waals surface area contributed by atoms with Crippen LogP contribution in [0, 0.1) is 30.1 Å². The molecule has 0 aliphatic heterocycles. The Labute approximate surface area is 117 Å². The number of benzene rings is 1. The van der Waals surface area contributed by atoms with E-state index in [0.29, 0.717) is 0 Å². The van der Waals surface area contributed by atoms with Crippen molar-refractivity contribution in [3.63, 3.8) is 0 Å². The van der Waals surface area contributed by atoms with Gasteiger partial charge < -0.3 is 4.90 Å². The van der Waals surface area contributed by atoms with E-state index in [4.69, 9.17) is 5.26 Å². The van der Waals surface area contributed by atoms with Gasteiger partial charge >= 0.3 is 0 Å². The van der Waals surface area contributed by atoms with Gasteiger partial charge in [-0.15, -0.1) is 0 Å². The summed E-state index contributed by atoms with van der Waals surface area (Å²) in [6, 6.07) is 7.85. The SMILES string of the molecule is Cc1ccc(Br)cc1N(C)C(=O)C(C#N)C(C)C. The third-order valence-corrected chi connectivity index (χ3v) is 3.43. The van der Waals surface area contributed by atoms with E-state index < -0.39 is 5.92 Å². The van der Waals surface area contributed by atoms with Gasteiger partial charge in [0.25, 0.3) is 0 Å². The topological polar surface area (TPSA) is 44.1 Å². The van der Waals surface area contributed by atoms with Crippen LogP contribution in [0.1, 0.15) is 19.4 Å². The molecule has 1 rings (SSSR count). The minimum Gasteiger partial charge on any atom is -0.314 e. The third-order valence-electron chi connectivity index (χ3n) is 2.93. The first-order valence-electron chi connectivity index (χ1n) is 5.81. The van der Waals surface area contributed by atoms with Crippen LogP contribution in [-0.4, -0.2) is 13.0 Å². The Morgan fingerprint density at radius 3 is 2.56 bits per heavy atom. The summed E-state index contributed by atoms with van der Waals surface area (Å²) < 4.78 is 0.917. The Kier molecular flexibility index (Phi) is 4.92. The van der Waals surface area contributed by atoms with E-state index in [0.717, 1.165) is 15.7 Å². The number of amides is 1. The fourth-order valence-corrected chi connectivity index (χ4v) is 2.11. The second-order valence-corrected chi connectivity index (χ2v) is 5.59. The van der Waals surface area contributed by atoms with E-state index in [1.807, 2.05) is 39.0 Å². The maximum atomic E-state index is 12.3. The molecule has 1 amide bonds. The molecule has 0 N–H and O–H groups in total. The van der Waals surface area contributed by atoms with Gasteiger partial charge in [0.1, 0.15) is 5.92 Å². The average Bonchev–Trinajstić information content (AvgIpc) is 2.31. The second-order valence-electron chi connectivity index (χ2n) is 4.68. The Balaban J connectivity index is 3.07. The average molecular weight is 309 g/mol. The van der Waals surface area contributed by atoms with E-state index in [2.05, 4.69) is 22.0 Å². The fourth-order valence-electron chi connectivity index (χ4n) is 1.76. The van der Waals surface area contributed by atoms with E-state index >= 15 is 0 Å². The Hall–Kier alpha value is -1.34. The van der Waals surface area contributed by atoms with E-state index in [9.17, 15) is 4.79 Å². The van der Waals surface area contributed by atoms with Crippen LogP contribution in [0.3, 0.4) is 0 Å². The minimum absolute atomic E-state index is 0.0115. The van der Waals surface area contributed by atoms with E-state index in [1.54, 1.807) is 11.9 Å². The number of halogens is 1. The van der Waals surface area contributed by atoms with Crippen LogP contribution < -0.4 is 4.90 Å². The van der Waals surface area contributed by atoms with Crippen molar-refractivity contribution >= 4 is 27.5 Å². The molecule has 3 nitrogen and oxygen atoms in total. The molecule has 0 aliphatic carbocycles. The number of carbonyl (C=O) groups excluding carboxylic acids is 1. The minimum atomic E-state index is -0.603. The summed E-state index contributed by atoms with van der Waals surface area (Å²) in [5.41, 5.74) is 1.84. The molecule has 18 heavy (non-hydrogen) atoms. The van der Waals surface area contributed by atoms with Crippen molar-refractivity contribution in [3.05, 3.63) is 28.2 Å². The molecule has 0 saturated carbocycles. The van der Waals surface area contributed by atoms with Crippen molar-refractivity contribution in [1.82, 2.24) is 0 Å². The van der Waals surface area contributed by atoms with E-state index in [1.165, 1.54) is 0 Å². The molecule has 0 fully saturated rings. The van der Waals surface area contributed by atoms with Crippen LogP contribution in [0.25, 0.3) is 0 Å². The normalized spacial score (nSPS) is 12.1. The van der Waals surface area contributed by atoms with Crippen molar-refractivity contribution in [2.24, 2.45) is 11.8 Å². The Morgan fingerprint density at radius 2 is 2.06 bits per heavy atom. The summed E-state index contributed by atoms with van der Waals surface area (Å²) >= 11 is 3.39. The maximum absolute atomic E-state index is 12.3. The quantitative estimate of drug-likeness (QED) is 0.857. The van der Waals surface area contributed by atoms with Crippen molar-refractivity contribution < 1.29 is 4.79 Å². The summed E-state index contributed by atoms with van der Waals surface area (Å²) in [7, 11) is 1.71. The highest BCUT2D eigenvalue weighted by Crippen LogP contribution is 2.26. The van der Waals surface area contributed by atoms with Gasteiger partial charge in [-0.3, -0.25) is 4.79 Å². The predicted molar refractivity (Wildman–Crippen MR) is 76.2 cm³/mol.